The van der Waals surface area contributed by atoms with Gasteiger partial charge in [0.05, 0.1) is 10.4 Å². The molecule has 0 radical (unpaired) electrons. The molecule has 0 aliphatic carbocycles. The Kier molecular flexibility index (Phi) is 4.23. The van der Waals surface area contributed by atoms with Gasteiger partial charge in [-0.15, -0.1) is 0 Å². The van der Waals surface area contributed by atoms with Crippen molar-refractivity contribution in [3.63, 3.8) is 0 Å². The first-order valence-electron chi connectivity index (χ1n) is 6.75. The summed E-state index contributed by atoms with van der Waals surface area (Å²) in [6.07, 6.45) is 0.417. The molecule has 1 amide bonds. The maximum Gasteiger partial charge on any atom is 0.311 e. The molecule has 1 aliphatic rings. The lowest BCUT2D eigenvalue weighted by Crippen LogP contribution is -2.40. The highest BCUT2D eigenvalue weighted by molar-refractivity contribution is 6.31. The number of carboxylic acid groups (broad SMARTS) is 1. The van der Waals surface area contributed by atoms with Crippen LogP contribution in [-0.2, 0) is 4.79 Å². The van der Waals surface area contributed by atoms with Crippen molar-refractivity contribution >= 4 is 23.5 Å². The van der Waals surface area contributed by atoms with E-state index < -0.39 is 17.2 Å². The lowest BCUT2D eigenvalue weighted by Gasteiger charge is -2.28. The molecule has 114 valence electrons. The third-order valence-corrected chi connectivity index (χ3v) is 4.58. The van der Waals surface area contributed by atoms with Crippen LogP contribution in [-0.4, -0.2) is 35.0 Å². The highest BCUT2D eigenvalue weighted by Gasteiger charge is 2.48. The van der Waals surface area contributed by atoms with Crippen molar-refractivity contribution in [2.24, 2.45) is 11.3 Å². The van der Waals surface area contributed by atoms with Crippen molar-refractivity contribution in [2.75, 3.05) is 13.1 Å². The Morgan fingerprint density at radius 2 is 2.10 bits per heavy atom. The Labute approximate surface area is 127 Å². The molecule has 1 aromatic rings. The average Bonchev–Trinajstić information content (AvgIpc) is 2.87. The highest BCUT2D eigenvalue weighted by Crippen LogP contribution is 2.38. The molecule has 1 heterocycles. The molecule has 0 bridgehead atoms. The van der Waals surface area contributed by atoms with Crippen LogP contribution in [0.5, 0.6) is 0 Å². The van der Waals surface area contributed by atoms with Crippen LogP contribution in [0.25, 0.3) is 0 Å². The smallest absolute Gasteiger partial charge is 0.311 e. The van der Waals surface area contributed by atoms with Gasteiger partial charge in [0.2, 0.25) is 0 Å². The molecule has 0 spiro atoms. The number of rotatable bonds is 3. The summed E-state index contributed by atoms with van der Waals surface area (Å²) in [7, 11) is 0. The second-order valence-corrected chi connectivity index (χ2v) is 6.13. The standard InChI is InChI=1S/C15H17ClFNO3/c1-9(2)15(14(20)21)5-6-18(8-15)13(19)10-3-4-12(17)11(16)7-10/h3-4,7,9H,5-6,8H2,1-2H3,(H,20,21). The van der Waals surface area contributed by atoms with Crippen LogP contribution >= 0.6 is 11.6 Å². The minimum absolute atomic E-state index is 0.0791. The van der Waals surface area contributed by atoms with Crippen molar-refractivity contribution in [2.45, 2.75) is 20.3 Å². The van der Waals surface area contributed by atoms with Gasteiger partial charge >= 0.3 is 5.97 Å². The van der Waals surface area contributed by atoms with E-state index in [1.807, 2.05) is 13.8 Å². The van der Waals surface area contributed by atoms with E-state index in [9.17, 15) is 19.1 Å². The zero-order valence-corrected chi connectivity index (χ0v) is 12.7. The summed E-state index contributed by atoms with van der Waals surface area (Å²) in [5, 5.41) is 9.36. The van der Waals surface area contributed by atoms with Gasteiger partial charge in [-0.2, -0.15) is 0 Å². The lowest BCUT2D eigenvalue weighted by atomic mass is 9.76. The van der Waals surface area contributed by atoms with Gasteiger partial charge in [0.1, 0.15) is 5.82 Å². The fourth-order valence-electron chi connectivity index (χ4n) is 2.71. The van der Waals surface area contributed by atoms with Crippen LogP contribution < -0.4 is 0 Å². The number of nitrogens with zero attached hydrogens (tertiary/aromatic N) is 1. The van der Waals surface area contributed by atoms with Crippen LogP contribution in [0.1, 0.15) is 30.6 Å². The number of amides is 1. The molecule has 0 saturated carbocycles. The number of aliphatic carboxylic acids is 1. The second-order valence-electron chi connectivity index (χ2n) is 5.72. The Hall–Kier alpha value is -1.62. The molecule has 1 unspecified atom stereocenters. The number of hydrogen-bond acceptors (Lipinski definition) is 2. The van der Waals surface area contributed by atoms with Crippen molar-refractivity contribution in [3.8, 4) is 0 Å². The molecule has 1 atom stereocenters. The van der Waals surface area contributed by atoms with Gasteiger partial charge in [-0.3, -0.25) is 9.59 Å². The van der Waals surface area contributed by atoms with Crippen LogP contribution in [0.15, 0.2) is 18.2 Å². The molecule has 1 aliphatic heterocycles. The van der Waals surface area contributed by atoms with Gasteiger partial charge in [-0.25, -0.2) is 4.39 Å². The third-order valence-electron chi connectivity index (χ3n) is 4.29. The van der Waals surface area contributed by atoms with E-state index in [4.69, 9.17) is 11.6 Å². The monoisotopic (exact) mass is 313 g/mol. The van der Waals surface area contributed by atoms with Gasteiger partial charge in [-0.1, -0.05) is 25.4 Å². The van der Waals surface area contributed by atoms with Gasteiger partial charge in [0.15, 0.2) is 0 Å². The predicted molar refractivity (Wildman–Crippen MR) is 76.8 cm³/mol. The molecule has 1 aromatic carbocycles. The summed E-state index contributed by atoms with van der Waals surface area (Å²) in [4.78, 5) is 25.5. The number of benzene rings is 1. The number of likely N-dealkylation sites (tertiary alicyclic amines) is 1. The third kappa shape index (κ3) is 2.75. The number of carbonyl (C=O) groups is 2. The molecule has 2 rings (SSSR count). The Morgan fingerprint density at radius 1 is 1.43 bits per heavy atom. The molecular formula is C15H17ClFNO3. The SMILES string of the molecule is CC(C)C1(C(=O)O)CCN(C(=O)c2ccc(F)c(Cl)c2)C1. The topological polar surface area (TPSA) is 57.6 Å². The predicted octanol–water partition coefficient (Wildman–Crippen LogP) is 3.05. The second kappa shape index (κ2) is 5.64. The van der Waals surface area contributed by atoms with E-state index in [1.54, 1.807) is 0 Å². The van der Waals surface area contributed by atoms with Crippen molar-refractivity contribution < 1.29 is 19.1 Å². The Bertz CT molecular complexity index is 590. The summed E-state index contributed by atoms with van der Waals surface area (Å²) in [6.45, 7) is 4.22. The van der Waals surface area contributed by atoms with Crippen LogP contribution in [0, 0.1) is 17.2 Å². The highest BCUT2D eigenvalue weighted by atomic mass is 35.5. The molecular weight excluding hydrogens is 297 g/mol. The molecule has 0 aromatic heterocycles. The average molecular weight is 314 g/mol. The lowest BCUT2D eigenvalue weighted by molar-refractivity contribution is -0.150. The van der Waals surface area contributed by atoms with E-state index in [-0.39, 0.29) is 29.0 Å². The van der Waals surface area contributed by atoms with Crippen LogP contribution in [0.3, 0.4) is 0 Å². The summed E-state index contributed by atoms with van der Waals surface area (Å²) in [6, 6.07) is 3.77. The molecule has 1 N–H and O–H groups in total. The first-order valence-corrected chi connectivity index (χ1v) is 7.13. The molecule has 6 heteroatoms. The normalized spacial score (nSPS) is 21.9. The Morgan fingerprint density at radius 3 is 2.57 bits per heavy atom. The largest absolute Gasteiger partial charge is 0.481 e. The first kappa shape index (κ1) is 15.8. The van der Waals surface area contributed by atoms with Gasteiger partial charge < -0.3 is 10.0 Å². The molecule has 1 saturated heterocycles. The molecule has 21 heavy (non-hydrogen) atoms. The minimum atomic E-state index is -0.917. The summed E-state index contributed by atoms with van der Waals surface area (Å²) in [5.74, 6) is -1.87. The summed E-state index contributed by atoms with van der Waals surface area (Å²) in [5.41, 5.74) is -0.647. The zero-order valence-electron chi connectivity index (χ0n) is 11.9. The quantitative estimate of drug-likeness (QED) is 0.933. The Balaban J connectivity index is 2.22. The first-order chi connectivity index (χ1) is 9.78. The summed E-state index contributed by atoms with van der Waals surface area (Å²) >= 11 is 5.68. The van der Waals surface area contributed by atoms with Gasteiger partial charge in [0.25, 0.3) is 5.91 Å². The van der Waals surface area contributed by atoms with Gasteiger partial charge in [-0.05, 0) is 30.5 Å². The van der Waals surface area contributed by atoms with Crippen molar-refractivity contribution in [1.82, 2.24) is 4.90 Å². The molecule has 4 nitrogen and oxygen atoms in total. The van der Waals surface area contributed by atoms with Crippen LogP contribution in [0.2, 0.25) is 5.02 Å². The van der Waals surface area contributed by atoms with Crippen molar-refractivity contribution in [1.29, 1.82) is 0 Å². The van der Waals surface area contributed by atoms with Crippen molar-refractivity contribution in [3.05, 3.63) is 34.6 Å². The number of carboxylic acids is 1. The van der Waals surface area contributed by atoms with E-state index in [2.05, 4.69) is 0 Å². The fraction of sp³-hybridized carbons (Fsp3) is 0.467. The van der Waals surface area contributed by atoms with Crippen LogP contribution in [0.4, 0.5) is 4.39 Å². The van der Waals surface area contributed by atoms with E-state index >= 15 is 0 Å². The van der Waals surface area contributed by atoms with E-state index in [0.29, 0.717) is 13.0 Å². The van der Waals surface area contributed by atoms with Gasteiger partial charge in [0, 0.05) is 18.7 Å². The van der Waals surface area contributed by atoms with E-state index in [0.717, 1.165) is 6.07 Å². The fourth-order valence-corrected chi connectivity index (χ4v) is 2.89. The number of hydrogen-bond donors (Lipinski definition) is 1. The minimum Gasteiger partial charge on any atom is -0.481 e. The zero-order chi connectivity index (χ0) is 15.8. The molecule has 1 fully saturated rings. The number of carbonyl (C=O) groups excluding carboxylic acids is 1. The summed E-state index contributed by atoms with van der Waals surface area (Å²) < 4.78 is 13.1. The maximum absolute atomic E-state index is 13.1. The number of halogens is 2. The van der Waals surface area contributed by atoms with E-state index in [1.165, 1.54) is 17.0 Å². The maximum atomic E-state index is 13.1.